The summed E-state index contributed by atoms with van der Waals surface area (Å²) < 4.78 is 1.99. The number of amides is 1. The van der Waals surface area contributed by atoms with Gasteiger partial charge in [-0.1, -0.05) is 17.7 Å². The standard InChI is InChI=1S/C17H17N3O/c1-11-4-6-14(7-5-11)17(21)19-15-8-9-16-18-12(2)13(3)20(16)10-15/h4-10H,1-3H3,(H,19,21). The lowest BCUT2D eigenvalue weighted by atomic mass is 10.1. The van der Waals surface area contributed by atoms with Crippen LogP contribution in [0.2, 0.25) is 0 Å². The van der Waals surface area contributed by atoms with Crippen molar-refractivity contribution < 1.29 is 4.79 Å². The molecule has 0 radical (unpaired) electrons. The maximum absolute atomic E-state index is 12.2. The van der Waals surface area contributed by atoms with Crippen LogP contribution in [0.25, 0.3) is 5.65 Å². The van der Waals surface area contributed by atoms with E-state index in [1.807, 2.05) is 67.8 Å². The molecule has 3 aromatic rings. The van der Waals surface area contributed by atoms with Crippen LogP contribution in [0.15, 0.2) is 42.6 Å². The molecular formula is C17H17N3O. The summed E-state index contributed by atoms with van der Waals surface area (Å²) in [7, 11) is 0. The molecule has 0 spiro atoms. The first-order chi connectivity index (χ1) is 10.0. The van der Waals surface area contributed by atoms with Crippen LogP contribution in [-0.2, 0) is 0 Å². The number of rotatable bonds is 2. The molecule has 0 bridgehead atoms. The average Bonchev–Trinajstić information content (AvgIpc) is 2.75. The van der Waals surface area contributed by atoms with Crippen molar-refractivity contribution in [3.8, 4) is 0 Å². The molecule has 0 saturated heterocycles. The number of nitrogens with zero attached hydrogens (tertiary/aromatic N) is 2. The number of imidazole rings is 1. The Morgan fingerprint density at radius 3 is 2.48 bits per heavy atom. The molecule has 1 aromatic carbocycles. The van der Waals surface area contributed by atoms with Gasteiger partial charge in [-0.05, 0) is 45.0 Å². The molecule has 4 heteroatoms. The van der Waals surface area contributed by atoms with Gasteiger partial charge in [-0.2, -0.15) is 0 Å². The summed E-state index contributed by atoms with van der Waals surface area (Å²) in [4.78, 5) is 16.7. The lowest BCUT2D eigenvalue weighted by Crippen LogP contribution is -2.12. The molecule has 0 fully saturated rings. The first-order valence-corrected chi connectivity index (χ1v) is 6.88. The predicted molar refractivity (Wildman–Crippen MR) is 83.8 cm³/mol. The van der Waals surface area contributed by atoms with E-state index in [1.54, 1.807) is 0 Å². The van der Waals surface area contributed by atoms with Crippen LogP contribution in [0.3, 0.4) is 0 Å². The van der Waals surface area contributed by atoms with Crippen LogP contribution in [0.1, 0.15) is 27.3 Å². The van der Waals surface area contributed by atoms with Gasteiger partial charge in [-0.25, -0.2) is 4.98 Å². The van der Waals surface area contributed by atoms with Crippen molar-refractivity contribution in [1.82, 2.24) is 9.38 Å². The van der Waals surface area contributed by atoms with Crippen molar-refractivity contribution in [3.05, 3.63) is 65.1 Å². The number of aromatic nitrogens is 2. The maximum Gasteiger partial charge on any atom is 0.255 e. The highest BCUT2D eigenvalue weighted by Crippen LogP contribution is 2.16. The Morgan fingerprint density at radius 2 is 1.76 bits per heavy atom. The molecule has 2 aromatic heterocycles. The van der Waals surface area contributed by atoms with Gasteiger partial charge in [-0.3, -0.25) is 4.79 Å². The number of carbonyl (C=O) groups excluding carboxylic acids is 1. The largest absolute Gasteiger partial charge is 0.321 e. The van der Waals surface area contributed by atoms with E-state index < -0.39 is 0 Å². The molecular weight excluding hydrogens is 262 g/mol. The average molecular weight is 279 g/mol. The van der Waals surface area contributed by atoms with E-state index in [1.165, 1.54) is 0 Å². The lowest BCUT2D eigenvalue weighted by Gasteiger charge is -2.07. The maximum atomic E-state index is 12.2. The Kier molecular flexibility index (Phi) is 3.22. The minimum absolute atomic E-state index is 0.108. The van der Waals surface area contributed by atoms with Crippen molar-refractivity contribution in [3.63, 3.8) is 0 Å². The van der Waals surface area contributed by atoms with Crippen LogP contribution in [-0.4, -0.2) is 15.3 Å². The first kappa shape index (κ1) is 13.4. The smallest absolute Gasteiger partial charge is 0.255 e. The summed E-state index contributed by atoms with van der Waals surface area (Å²) in [6.07, 6.45) is 1.90. The minimum Gasteiger partial charge on any atom is -0.321 e. The number of fused-ring (bicyclic) bond motifs is 1. The Balaban J connectivity index is 1.89. The third kappa shape index (κ3) is 2.52. The molecule has 106 valence electrons. The van der Waals surface area contributed by atoms with Crippen LogP contribution in [0.5, 0.6) is 0 Å². The van der Waals surface area contributed by atoms with Gasteiger partial charge in [0.15, 0.2) is 0 Å². The van der Waals surface area contributed by atoms with Crippen LogP contribution >= 0.6 is 0 Å². The number of aryl methyl sites for hydroxylation is 3. The van der Waals surface area contributed by atoms with E-state index in [9.17, 15) is 4.79 Å². The molecule has 21 heavy (non-hydrogen) atoms. The molecule has 0 unspecified atom stereocenters. The van der Waals surface area contributed by atoms with E-state index in [4.69, 9.17) is 0 Å². The molecule has 0 aliphatic heterocycles. The van der Waals surface area contributed by atoms with E-state index in [0.717, 1.165) is 28.3 Å². The topological polar surface area (TPSA) is 46.4 Å². The summed E-state index contributed by atoms with van der Waals surface area (Å²) in [6, 6.07) is 11.3. The van der Waals surface area contributed by atoms with E-state index in [2.05, 4.69) is 10.3 Å². The van der Waals surface area contributed by atoms with Crippen LogP contribution in [0, 0.1) is 20.8 Å². The zero-order chi connectivity index (χ0) is 15.0. The predicted octanol–water partition coefficient (Wildman–Crippen LogP) is 3.51. The van der Waals surface area contributed by atoms with E-state index >= 15 is 0 Å². The van der Waals surface area contributed by atoms with Gasteiger partial charge in [0.25, 0.3) is 5.91 Å². The van der Waals surface area contributed by atoms with Gasteiger partial charge in [0.1, 0.15) is 5.65 Å². The van der Waals surface area contributed by atoms with Gasteiger partial charge in [0.05, 0.1) is 11.4 Å². The number of pyridine rings is 1. The summed E-state index contributed by atoms with van der Waals surface area (Å²) in [6.45, 7) is 5.99. The molecule has 0 aliphatic carbocycles. The fraction of sp³-hybridized carbons (Fsp3) is 0.176. The third-order valence-electron chi connectivity index (χ3n) is 3.67. The van der Waals surface area contributed by atoms with Crippen molar-refractivity contribution in [2.75, 3.05) is 5.32 Å². The second-order valence-corrected chi connectivity index (χ2v) is 5.25. The Labute approximate surface area is 123 Å². The molecule has 0 aliphatic rings. The lowest BCUT2D eigenvalue weighted by molar-refractivity contribution is 0.102. The summed E-state index contributed by atoms with van der Waals surface area (Å²) in [5.41, 5.74) is 5.51. The van der Waals surface area contributed by atoms with Gasteiger partial charge in [0, 0.05) is 17.5 Å². The fourth-order valence-electron chi connectivity index (χ4n) is 2.26. The first-order valence-electron chi connectivity index (χ1n) is 6.88. The number of carbonyl (C=O) groups is 1. The number of hydrogen-bond donors (Lipinski definition) is 1. The minimum atomic E-state index is -0.108. The van der Waals surface area contributed by atoms with Gasteiger partial charge in [-0.15, -0.1) is 0 Å². The zero-order valence-corrected chi connectivity index (χ0v) is 12.3. The molecule has 1 N–H and O–H groups in total. The molecule has 4 nitrogen and oxygen atoms in total. The van der Waals surface area contributed by atoms with Gasteiger partial charge in [0.2, 0.25) is 0 Å². The molecule has 0 atom stereocenters. The highest BCUT2D eigenvalue weighted by molar-refractivity contribution is 6.04. The highest BCUT2D eigenvalue weighted by atomic mass is 16.1. The van der Waals surface area contributed by atoms with Crippen molar-refractivity contribution >= 4 is 17.2 Å². The molecule has 3 rings (SSSR count). The number of benzene rings is 1. The number of anilines is 1. The van der Waals surface area contributed by atoms with E-state index in [0.29, 0.717) is 5.56 Å². The van der Waals surface area contributed by atoms with Gasteiger partial charge < -0.3 is 9.72 Å². The summed E-state index contributed by atoms with van der Waals surface area (Å²) in [5, 5.41) is 2.92. The van der Waals surface area contributed by atoms with Crippen LogP contribution < -0.4 is 5.32 Å². The normalized spacial score (nSPS) is 10.8. The second kappa shape index (κ2) is 5.05. The quantitative estimate of drug-likeness (QED) is 0.780. The number of nitrogens with one attached hydrogen (secondary N) is 1. The SMILES string of the molecule is Cc1ccc(C(=O)Nc2ccc3nc(C)c(C)n3c2)cc1. The Morgan fingerprint density at radius 1 is 1.05 bits per heavy atom. The number of hydrogen-bond acceptors (Lipinski definition) is 2. The highest BCUT2D eigenvalue weighted by Gasteiger charge is 2.08. The Hall–Kier alpha value is -2.62. The summed E-state index contributed by atoms with van der Waals surface area (Å²) in [5.74, 6) is -0.108. The van der Waals surface area contributed by atoms with E-state index in [-0.39, 0.29) is 5.91 Å². The molecule has 0 saturated carbocycles. The van der Waals surface area contributed by atoms with Crippen molar-refractivity contribution in [1.29, 1.82) is 0 Å². The molecule has 1 amide bonds. The second-order valence-electron chi connectivity index (χ2n) is 5.25. The third-order valence-corrected chi connectivity index (χ3v) is 3.67. The van der Waals surface area contributed by atoms with Gasteiger partial charge >= 0.3 is 0 Å². The van der Waals surface area contributed by atoms with Crippen molar-refractivity contribution in [2.24, 2.45) is 0 Å². The molecule has 2 heterocycles. The summed E-state index contributed by atoms with van der Waals surface area (Å²) >= 11 is 0. The zero-order valence-electron chi connectivity index (χ0n) is 12.3. The Bertz CT molecular complexity index is 816. The van der Waals surface area contributed by atoms with Crippen molar-refractivity contribution in [2.45, 2.75) is 20.8 Å². The van der Waals surface area contributed by atoms with Crippen LogP contribution in [0.4, 0.5) is 5.69 Å². The monoisotopic (exact) mass is 279 g/mol. The fourth-order valence-corrected chi connectivity index (χ4v) is 2.26.